The highest BCUT2D eigenvalue weighted by molar-refractivity contribution is 5.94. The first-order valence-electron chi connectivity index (χ1n) is 13.4. The van der Waals surface area contributed by atoms with Crippen LogP contribution >= 0.6 is 0 Å². The van der Waals surface area contributed by atoms with Gasteiger partial charge in [-0.1, -0.05) is 62.6 Å². The molecular formula is C31H36N4O2. The molecule has 1 amide bonds. The number of para-hydroxylation sites is 1. The lowest BCUT2D eigenvalue weighted by atomic mass is 9.93. The van der Waals surface area contributed by atoms with Crippen LogP contribution in [-0.2, 0) is 13.2 Å². The third-order valence-corrected chi connectivity index (χ3v) is 7.25. The highest BCUT2D eigenvalue weighted by atomic mass is 16.5. The van der Waals surface area contributed by atoms with Crippen molar-refractivity contribution in [3.63, 3.8) is 0 Å². The minimum Gasteiger partial charge on any atom is -0.489 e. The minimum absolute atomic E-state index is 0.138. The quantitative estimate of drug-likeness (QED) is 0.290. The van der Waals surface area contributed by atoms with E-state index in [0.29, 0.717) is 25.1 Å². The Morgan fingerprint density at radius 2 is 1.81 bits per heavy atom. The van der Waals surface area contributed by atoms with Crippen molar-refractivity contribution in [1.29, 1.82) is 0 Å². The van der Waals surface area contributed by atoms with Crippen molar-refractivity contribution in [2.24, 2.45) is 0 Å². The average molecular weight is 497 g/mol. The van der Waals surface area contributed by atoms with Crippen molar-refractivity contribution >= 4 is 22.9 Å². The number of aromatic nitrogens is 2. The van der Waals surface area contributed by atoms with Crippen molar-refractivity contribution in [1.82, 2.24) is 14.5 Å². The van der Waals surface area contributed by atoms with E-state index in [1.165, 1.54) is 19.3 Å². The third-order valence-electron chi connectivity index (χ3n) is 7.25. The van der Waals surface area contributed by atoms with Gasteiger partial charge < -0.3 is 19.9 Å². The fraction of sp³-hybridized carbons (Fsp3) is 0.355. The van der Waals surface area contributed by atoms with E-state index < -0.39 is 0 Å². The molecule has 0 saturated heterocycles. The molecule has 192 valence electrons. The van der Waals surface area contributed by atoms with E-state index in [4.69, 9.17) is 10.5 Å². The number of hydrogen-bond donors (Lipinski definition) is 1. The van der Waals surface area contributed by atoms with Crippen LogP contribution in [0.4, 0.5) is 5.95 Å². The number of hydrogen-bond acceptors (Lipinski definition) is 4. The van der Waals surface area contributed by atoms with E-state index in [1.807, 2.05) is 65.2 Å². The number of nitrogen functional groups attached to an aromatic ring is 1. The zero-order chi connectivity index (χ0) is 25.6. The van der Waals surface area contributed by atoms with E-state index in [-0.39, 0.29) is 5.91 Å². The monoisotopic (exact) mass is 496 g/mol. The summed E-state index contributed by atoms with van der Waals surface area (Å²) in [4.78, 5) is 20.2. The highest BCUT2D eigenvalue weighted by Crippen LogP contribution is 2.26. The Balaban J connectivity index is 1.36. The molecule has 3 aromatic carbocycles. The van der Waals surface area contributed by atoms with Crippen LogP contribution in [0.2, 0.25) is 0 Å². The Morgan fingerprint density at radius 3 is 2.59 bits per heavy atom. The zero-order valence-electron chi connectivity index (χ0n) is 21.6. The molecule has 1 heterocycles. The molecule has 0 spiro atoms. The normalized spacial score (nSPS) is 14.1. The van der Waals surface area contributed by atoms with Gasteiger partial charge in [0.2, 0.25) is 5.95 Å². The Bertz CT molecular complexity index is 1340. The molecule has 1 aromatic heterocycles. The number of amides is 1. The summed E-state index contributed by atoms with van der Waals surface area (Å²) in [5, 5.41) is 0. The van der Waals surface area contributed by atoms with Crippen LogP contribution in [0, 0.1) is 0 Å². The maximum absolute atomic E-state index is 13.6. The average Bonchev–Trinajstić information content (AvgIpc) is 3.25. The summed E-state index contributed by atoms with van der Waals surface area (Å²) < 4.78 is 7.95. The van der Waals surface area contributed by atoms with Crippen LogP contribution in [0.3, 0.4) is 0 Å². The number of benzene rings is 3. The molecule has 5 rings (SSSR count). The fourth-order valence-corrected chi connectivity index (χ4v) is 5.36. The van der Waals surface area contributed by atoms with E-state index in [2.05, 4.69) is 28.9 Å². The van der Waals surface area contributed by atoms with Gasteiger partial charge >= 0.3 is 0 Å². The lowest BCUT2D eigenvalue weighted by molar-refractivity contribution is 0.0634. The first kappa shape index (κ1) is 24.9. The van der Waals surface area contributed by atoms with Crippen LogP contribution in [0.5, 0.6) is 5.75 Å². The van der Waals surface area contributed by atoms with Gasteiger partial charge in [0.15, 0.2) is 0 Å². The standard InChI is InChI=1S/C31H36N4O2/c1-2-18-34(26-12-5-3-6-13-26)30(36)25-11-9-10-23(19-25)21-35-29-20-24(16-17-28(29)33-31(35)32)22-37-27-14-7-4-8-15-27/h4,7-11,14-17,19-20,26H,2-3,5-6,12-13,18,21-22H2,1H3,(H2,32,33). The molecule has 0 unspecified atom stereocenters. The zero-order valence-corrected chi connectivity index (χ0v) is 21.6. The Morgan fingerprint density at radius 1 is 1.00 bits per heavy atom. The van der Waals surface area contributed by atoms with Gasteiger partial charge in [0.1, 0.15) is 12.4 Å². The lowest BCUT2D eigenvalue weighted by Crippen LogP contribution is -2.42. The molecule has 1 saturated carbocycles. The summed E-state index contributed by atoms with van der Waals surface area (Å²) in [6, 6.07) is 24.2. The smallest absolute Gasteiger partial charge is 0.254 e. The fourth-order valence-electron chi connectivity index (χ4n) is 5.36. The predicted molar refractivity (Wildman–Crippen MR) is 149 cm³/mol. The molecule has 1 fully saturated rings. The molecule has 1 aliphatic carbocycles. The number of nitrogens with zero attached hydrogens (tertiary/aromatic N) is 3. The van der Waals surface area contributed by atoms with Crippen molar-refractivity contribution < 1.29 is 9.53 Å². The second-order valence-electron chi connectivity index (χ2n) is 9.97. The summed E-state index contributed by atoms with van der Waals surface area (Å²) in [5.74, 6) is 1.43. The number of imidazole rings is 1. The molecule has 2 N–H and O–H groups in total. The van der Waals surface area contributed by atoms with Gasteiger partial charge in [0.25, 0.3) is 5.91 Å². The number of anilines is 1. The van der Waals surface area contributed by atoms with E-state index in [1.54, 1.807) is 0 Å². The second-order valence-corrected chi connectivity index (χ2v) is 9.97. The predicted octanol–water partition coefficient (Wildman–Crippen LogP) is 6.43. The van der Waals surface area contributed by atoms with E-state index >= 15 is 0 Å². The first-order valence-corrected chi connectivity index (χ1v) is 13.4. The number of ether oxygens (including phenoxy) is 1. The largest absolute Gasteiger partial charge is 0.489 e. The van der Waals surface area contributed by atoms with Crippen LogP contribution < -0.4 is 10.5 Å². The summed E-state index contributed by atoms with van der Waals surface area (Å²) in [6.45, 7) is 3.96. The minimum atomic E-state index is 0.138. The van der Waals surface area contributed by atoms with Gasteiger partial charge in [0, 0.05) is 18.2 Å². The molecular weight excluding hydrogens is 460 g/mol. The van der Waals surface area contributed by atoms with Crippen LogP contribution in [0.25, 0.3) is 11.0 Å². The molecule has 37 heavy (non-hydrogen) atoms. The van der Waals surface area contributed by atoms with Gasteiger partial charge in [0.05, 0.1) is 17.6 Å². The summed E-state index contributed by atoms with van der Waals surface area (Å²) >= 11 is 0. The van der Waals surface area contributed by atoms with Gasteiger partial charge in [-0.3, -0.25) is 4.79 Å². The number of rotatable bonds is 9. The molecule has 1 aliphatic rings. The number of carbonyl (C=O) groups is 1. The molecule has 0 atom stereocenters. The summed E-state index contributed by atoms with van der Waals surface area (Å²) in [7, 11) is 0. The Labute approximate surface area is 219 Å². The summed E-state index contributed by atoms with van der Waals surface area (Å²) in [6.07, 6.45) is 6.89. The number of carbonyl (C=O) groups excluding carboxylic acids is 1. The SMILES string of the molecule is CCCN(C(=O)c1cccc(Cn2c(N)nc3ccc(COc4ccccc4)cc32)c1)C1CCCCC1. The molecule has 6 heteroatoms. The van der Waals surface area contributed by atoms with Crippen LogP contribution in [0.15, 0.2) is 72.8 Å². The molecule has 0 aliphatic heterocycles. The molecule has 6 nitrogen and oxygen atoms in total. The van der Waals surface area contributed by atoms with Crippen LogP contribution in [0.1, 0.15) is 66.9 Å². The summed E-state index contributed by atoms with van der Waals surface area (Å²) in [5.41, 5.74) is 11.0. The van der Waals surface area contributed by atoms with E-state index in [9.17, 15) is 4.79 Å². The van der Waals surface area contributed by atoms with Crippen molar-refractivity contribution in [3.05, 3.63) is 89.5 Å². The topological polar surface area (TPSA) is 73.4 Å². The third kappa shape index (κ3) is 5.79. The van der Waals surface area contributed by atoms with Crippen molar-refractivity contribution in [3.8, 4) is 5.75 Å². The lowest BCUT2D eigenvalue weighted by Gasteiger charge is -2.34. The molecule has 4 aromatic rings. The van der Waals surface area contributed by atoms with Gasteiger partial charge in [-0.25, -0.2) is 4.98 Å². The number of nitrogens with two attached hydrogens (primary N) is 1. The maximum atomic E-state index is 13.6. The maximum Gasteiger partial charge on any atom is 0.254 e. The Hall–Kier alpha value is -3.80. The first-order chi connectivity index (χ1) is 18.1. The van der Waals surface area contributed by atoms with Crippen molar-refractivity contribution in [2.75, 3.05) is 12.3 Å². The molecule has 0 radical (unpaired) electrons. The van der Waals surface area contributed by atoms with Crippen LogP contribution in [-0.4, -0.2) is 32.9 Å². The van der Waals surface area contributed by atoms with Gasteiger partial charge in [-0.15, -0.1) is 0 Å². The Kier molecular flexibility index (Phi) is 7.73. The van der Waals surface area contributed by atoms with Crippen molar-refractivity contribution in [2.45, 2.75) is 64.6 Å². The second kappa shape index (κ2) is 11.5. The number of fused-ring (bicyclic) bond motifs is 1. The van der Waals surface area contributed by atoms with E-state index in [0.717, 1.165) is 59.3 Å². The van der Waals surface area contributed by atoms with Gasteiger partial charge in [-0.05, 0) is 66.8 Å². The van der Waals surface area contributed by atoms with Gasteiger partial charge in [-0.2, -0.15) is 0 Å². The highest BCUT2D eigenvalue weighted by Gasteiger charge is 2.25. The molecule has 0 bridgehead atoms.